The molecule has 0 spiro atoms. The minimum Gasteiger partial charge on any atom is -0.456 e. The molecule has 1 N–H and O–H groups in total. The maximum Gasteiger partial charge on any atom is 0.465 e. The number of sulfone groups is 1. The van der Waals surface area contributed by atoms with Crippen molar-refractivity contribution in [2.24, 2.45) is 17.8 Å². The number of rotatable bonds is 3. The van der Waals surface area contributed by atoms with Crippen LogP contribution in [0.5, 0.6) is 0 Å². The molecule has 7 nitrogen and oxygen atoms in total. The van der Waals surface area contributed by atoms with E-state index < -0.39 is 48.5 Å². The van der Waals surface area contributed by atoms with E-state index in [9.17, 15) is 30.4 Å². The van der Waals surface area contributed by atoms with E-state index >= 15 is 0 Å². The Morgan fingerprint density at radius 1 is 1.24 bits per heavy atom. The van der Waals surface area contributed by atoms with Gasteiger partial charge in [0.05, 0.1) is 11.0 Å². The Morgan fingerprint density at radius 2 is 1.86 bits per heavy atom. The summed E-state index contributed by atoms with van der Waals surface area (Å²) in [5.41, 5.74) is 0. The highest BCUT2D eigenvalue weighted by molar-refractivity contribution is 7.92. The van der Waals surface area contributed by atoms with Crippen molar-refractivity contribution in [1.29, 1.82) is 0 Å². The lowest BCUT2D eigenvalue weighted by molar-refractivity contribution is -0.171. The van der Waals surface area contributed by atoms with Crippen molar-refractivity contribution < 1.29 is 39.7 Å². The number of ether oxygens (including phenoxy) is 1. The maximum absolute atomic E-state index is 13.2. The van der Waals surface area contributed by atoms with Gasteiger partial charge in [-0.1, -0.05) is 0 Å². The van der Waals surface area contributed by atoms with Crippen molar-refractivity contribution in [1.82, 2.24) is 0 Å². The Balaban J connectivity index is 1.81. The zero-order chi connectivity index (χ0) is 15.8. The normalized spacial score (nSPS) is 40.4. The van der Waals surface area contributed by atoms with Crippen molar-refractivity contribution in [3.05, 3.63) is 0 Å². The lowest BCUT2D eigenvalue weighted by Gasteiger charge is -2.27. The zero-order valence-electron chi connectivity index (χ0n) is 10.5. The summed E-state index contributed by atoms with van der Waals surface area (Å²) < 4.78 is 84.0. The first-order valence-electron chi connectivity index (χ1n) is 6.22. The summed E-state index contributed by atoms with van der Waals surface area (Å²) in [6.45, 7) is 0. The molecule has 120 valence electrons. The summed E-state index contributed by atoms with van der Waals surface area (Å²) in [6, 6.07) is 0. The lowest BCUT2D eigenvalue weighted by Crippen LogP contribution is -2.43. The monoisotopic (exact) mass is 346 g/mol. The fourth-order valence-electron chi connectivity index (χ4n) is 3.89. The molecule has 1 aliphatic heterocycles. The summed E-state index contributed by atoms with van der Waals surface area (Å²) in [6.07, 6.45) is -0.341. The molecule has 5 unspecified atom stereocenters. The Kier molecular flexibility index (Phi) is 2.97. The van der Waals surface area contributed by atoms with Gasteiger partial charge in [0.1, 0.15) is 6.10 Å². The van der Waals surface area contributed by atoms with Crippen LogP contribution in [0.15, 0.2) is 0 Å². The Bertz CT molecular complexity index is 699. The predicted molar refractivity (Wildman–Crippen MR) is 63.7 cm³/mol. The first kappa shape index (κ1) is 15.1. The van der Waals surface area contributed by atoms with Gasteiger partial charge in [-0.05, 0) is 24.7 Å². The number of hydrogen-bond donors (Lipinski definition) is 1. The molecule has 3 aliphatic rings. The van der Waals surface area contributed by atoms with E-state index in [2.05, 4.69) is 4.74 Å². The highest BCUT2D eigenvalue weighted by atomic mass is 32.2. The quantitative estimate of drug-likeness (QED) is 0.557. The maximum atomic E-state index is 13.2. The Labute approximate surface area is 119 Å². The molecule has 2 bridgehead atoms. The highest BCUT2D eigenvalue weighted by Gasteiger charge is 2.65. The second-order valence-electron chi connectivity index (χ2n) is 5.79. The standard InChI is InChI=1S/C10H12F2O7S2/c11-10(12,21(16,17)18)9(13)19-8-4-1-5-6(8)3-20(14,15)7(5)2-4/h4-8H,1-3H2,(H,16,17,18). The van der Waals surface area contributed by atoms with Crippen molar-refractivity contribution >= 4 is 25.9 Å². The number of halogens is 2. The van der Waals surface area contributed by atoms with Crippen LogP contribution in [-0.2, 0) is 29.5 Å². The molecule has 3 fully saturated rings. The molecule has 11 heteroatoms. The molecular weight excluding hydrogens is 334 g/mol. The third-order valence-corrected chi connectivity index (χ3v) is 7.84. The summed E-state index contributed by atoms with van der Waals surface area (Å²) in [5.74, 6) is -3.75. The SMILES string of the molecule is O=C(OC1C2CC3C1CS(=O)(=O)C3C2)C(F)(F)S(=O)(=O)O. The van der Waals surface area contributed by atoms with Crippen LogP contribution in [0.2, 0.25) is 0 Å². The van der Waals surface area contributed by atoms with Gasteiger partial charge in [0.15, 0.2) is 9.84 Å². The van der Waals surface area contributed by atoms with Gasteiger partial charge in [0.25, 0.3) is 0 Å². The van der Waals surface area contributed by atoms with Gasteiger partial charge in [-0.25, -0.2) is 13.2 Å². The molecule has 5 atom stereocenters. The molecule has 0 aromatic rings. The van der Waals surface area contributed by atoms with E-state index in [1.54, 1.807) is 0 Å². The number of carbonyl (C=O) groups excluding carboxylic acids is 1. The van der Waals surface area contributed by atoms with Gasteiger partial charge in [0.2, 0.25) is 0 Å². The fraction of sp³-hybridized carbons (Fsp3) is 0.900. The minimum absolute atomic E-state index is 0.225. The van der Waals surface area contributed by atoms with E-state index in [4.69, 9.17) is 4.55 Å². The highest BCUT2D eigenvalue weighted by Crippen LogP contribution is 2.57. The van der Waals surface area contributed by atoms with Crippen molar-refractivity contribution in [3.8, 4) is 0 Å². The second kappa shape index (κ2) is 4.13. The molecule has 2 saturated carbocycles. The second-order valence-corrected chi connectivity index (χ2v) is 9.52. The fourth-order valence-corrected chi connectivity index (χ4v) is 6.75. The zero-order valence-corrected chi connectivity index (χ0v) is 12.1. The van der Waals surface area contributed by atoms with E-state index in [1.807, 2.05) is 0 Å². The van der Waals surface area contributed by atoms with Gasteiger partial charge >= 0.3 is 21.3 Å². The predicted octanol–water partition coefficient (Wildman–Crippen LogP) is -0.168. The molecule has 0 aromatic heterocycles. The van der Waals surface area contributed by atoms with E-state index in [1.165, 1.54) is 0 Å². The van der Waals surface area contributed by atoms with Gasteiger partial charge < -0.3 is 4.74 Å². The minimum atomic E-state index is -5.92. The smallest absolute Gasteiger partial charge is 0.456 e. The van der Waals surface area contributed by atoms with Crippen LogP contribution in [0.3, 0.4) is 0 Å². The van der Waals surface area contributed by atoms with Crippen molar-refractivity contribution in [2.75, 3.05) is 5.75 Å². The number of fused-ring (bicyclic) bond motifs is 1. The van der Waals surface area contributed by atoms with Crippen LogP contribution in [0.25, 0.3) is 0 Å². The third kappa shape index (κ3) is 2.00. The number of carbonyl (C=O) groups is 1. The molecule has 21 heavy (non-hydrogen) atoms. The lowest BCUT2D eigenvalue weighted by atomic mass is 9.88. The molecular formula is C10H12F2O7S2. The summed E-state index contributed by atoms with van der Waals surface area (Å²) in [5, 5.41) is -5.56. The molecule has 1 heterocycles. The number of esters is 1. The number of alkyl halides is 2. The van der Waals surface area contributed by atoms with Gasteiger partial charge in [-0.15, -0.1) is 0 Å². The summed E-state index contributed by atoms with van der Waals surface area (Å²) in [4.78, 5) is 11.3. The van der Waals surface area contributed by atoms with Crippen LogP contribution in [0.1, 0.15) is 12.8 Å². The van der Waals surface area contributed by atoms with E-state index in [-0.39, 0.29) is 24.0 Å². The topological polar surface area (TPSA) is 115 Å². The molecule has 0 radical (unpaired) electrons. The van der Waals surface area contributed by atoms with Gasteiger partial charge in [0, 0.05) is 5.92 Å². The molecule has 2 aliphatic carbocycles. The summed E-state index contributed by atoms with van der Waals surface area (Å²) >= 11 is 0. The molecule has 0 aromatic carbocycles. The van der Waals surface area contributed by atoms with Crippen LogP contribution in [0, 0.1) is 17.8 Å². The van der Waals surface area contributed by atoms with E-state index in [0.29, 0.717) is 6.42 Å². The first-order chi connectivity index (χ1) is 9.45. The largest absolute Gasteiger partial charge is 0.465 e. The molecule has 3 rings (SSSR count). The van der Waals surface area contributed by atoms with Crippen LogP contribution < -0.4 is 0 Å². The van der Waals surface area contributed by atoms with Gasteiger partial charge in [-0.3, -0.25) is 4.55 Å². The van der Waals surface area contributed by atoms with E-state index in [0.717, 1.165) is 0 Å². The third-order valence-electron chi connectivity index (χ3n) is 4.71. The van der Waals surface area contributed by atoms with Crippen molar-refractivity contribution in [2.45, 2.75) is 29.5 Å². The average molecular weight is 346 g/mol. The average Bonchev–Trinajstić information content (AvgIpc) is 2.91. The van der Waals surface area contributed by atoms with Crippen LogP contribution >= 0.6 is 0 Å². The molecule has 1 saturated heterocycles. The molecule has 0 amide bonds. The van der Waals surface area contributed by atoms with Gasteiger partial charge in [-0.2, -0.15) is 17.2 Å². The Hall–Kier alpha value is -0.810. The van der Waals surface area contributed by atoms with Crippen LogP contribution in [-0.4, -0.2) is 49.7 Å². The first-order valence-corrected chi connectivity index (χ1v) is 9.38. The van der Waals surface area contributed by atoms with Crippen LogP contribution in [0.4, 0.5) is 8.78 Å². The van der Waals surface area contributed by atoms with Crippen molar-refractivity contribution in [3.63, 3.8) is 0 Å². The Morgan fingerprint density at radius 3 is 2.43 bits per heavy atom. The number of hydrogen-bond acceptors (Lipinski definition) is 6. The summed E-state index contributed by atoms with van der Waals surface area (Å²) in [7, 11) is -9.23.